The highest BCUT2D eigenvalue weighted by Gasteiger charge is 2.49. The quantitative estimate of drug-likeness (QED) is 0.246. The predicted octanol–water partition coefficient (Wildman–Crippen LogP) is -3.11. The van der Waals surface area contributed by atoms with Gasteiger partial charge in [-0.15, -0.1) is 0 Å². The molecule has 0 aliphatic carbocycles. The highest BCUT2D eigenvalue weighted by atomic mass is 16.3. The molecule has 1 saturated heterocycles. The lowest BCUT2D eigenvalue weighted by Gasteiger charge is -2.03. The van der Waals surface area contributed by atoms with E-state index in [1.165, 1.54) is 0 Å². The van der Waals surface area contributed by atoms with E-state index >= 15 is 0 Å². The predicted molar refractivity (Wildman–Crippen MR) is 32.0 cm³/mol. The SMILES string of the molecule is NB1C(=O)C(=O)C(O)C1O. The van der Waals surface area contributed by atoms with E-state index in [9.17, 15) is 9.59 Å². The van der Waals surface area contributed by atoms with Crippen LogP contribution >= 0.6 is 0 Å². The van der Waals surface area contributed by atoms with Gasteiger partial charge in [0.15, 0.2) is 5.68 Å². The molecule has 0 amide bonds. The Hall–Kier alpha value is -0.715. The average molecular weight is 143 g/mol. The summed E-state index contributed by atoms with van der Waals surface area (Å²) >= 11 is 0. The van der Waals surface area contributed by atoms with Crippen LogP contribution in [0, 0.1) is 0 Å². The molecule has 1 fully saturated rings. The summed E-state index contributed by atoms with van der Waals surface area (Å²) in [7, 11) is 0. The number of aliphatic hydroxyl groups excluding tert-OH is 2. The highest BCUT2D eigenvalue weighted by molar-refractivity contribution is 7.02. The van der Waals surface area contributed by atoms with E-state index in [0.717, 1.165) is 0 Å². The average Bonchev–Trinajstić information content (AvgIpc) is 2.07. The first kappa shape index (κ1) is 7.39. The monoisotopic (exact) mass is 143 g/mol. The molecule has 4 N–H and O–H groups in total. The van der Waals surface area contributed by atoms with Crippen molar-refractivity contribution in [2.45, 2.75) is 12.1 Å². The Kier molecular flexibility index (Phi) is 1.59. The second-order valence-corrected chi connectivity index (χ2v) is 2.19. The molecule has 1 rings (SSSR count). The van der Waals surface area contributed by atoms with Gasteiger partial charge in [0.2, 0.25) is 5.78 Å². The van der Waals surface area contributed by atoms with Crippen molar-refractivity contribution in [1.82, 2.24) is 0 Å². The molecule has 0 aromatic rings. The van der Waals surface area contributed by atoms with Gasteiger partial charge < -0.3 is 20.7 Å². The number of Topliss-reactive ketones (excluding diaryl/α,β-unsaturated/α-hetero) is 1. The number of ketones is 1. The number of nitrogens with two attached hydrogens (primary N) is 1. The van der Waals surface area contributed by atoms with Crippen LogP contribution in [-0.4, -0.2) is 40.6 Å². The normalized spacial score (nSPS) is 33.7. The fourth-order valence-electron chi connectivity index (χ4n) is 0.817. The van der Waals surface area contributed by atoms with Gasteiger partial charge in [-0.3, -0.25) is 4.79 Å². The fraction of sp³-hybridized carbons (Fsp3) is 0.500. The Labute approximate surface area is 56.9 Å². The third-order valence-electron chi connectivity index (χ3n) is 1.51. The zero-order chi connectivity index (χ0) is 7.89. The Morgan fingerprint density at radius 1 is 1.40 bits per heavy atom. The van der Waals surface area contributed by atoms with Crippen molar-refractivity contribution < 1.29 is 19.8 Å². The zero-order valence-corrected chi connectivity index (χ0v) is 5.02. The Morgan fingerprint density at radius 2 is 1.90 bits per heavy atom. The van der Waals surface area contributed by atoms with E-state index in [0.29, 0.717) is 0 Å². The van der Waals surface area contributed by atoms with E-state index in [4.69, 9.17) is 15.9 Å². The molecule has 10 heavy (non-hydrogen) atoms. The first-order valence-corrected chi connectivity index (χ1v) is 2.75. The van der Waals surface area contributed by atoms with Crippen molar-refractivity contribution in [1.29, 1.82) is 0 Å². The molecule has 1 heterocycles. The van der Waals surface area contributed by atoms with E-state index < -0.39 is 30.4 Å². The standard InChI is InChI=1S/C4H6BNO4/c6-5-3(9)1(7)2(8)4(5)10/h1,3,7,9H,6H2. The summed E-state index contributed by atoms with van der Waals surface area (Å²) in [5.74, 6) is -1.000. The van der Waals surface area contributed by atoms with Crippen LogP contribution in [0.4, 0.5) is 0 Å². The minimum absolute atomic E-state index is 0.903. The Bertz CT molecular complexity index is 174. The lowest BCUT2D eigenvalue weighted by molar-refractivity contribution is -0.137. The lowest BCUT2D eigenvalue weighted by atomic mass is 9.59. The molecule has 0 aromatic carbocycles. The van der Waals surface area contributed by atoms with Gasteiger partial charge in [-0.2, -0.15) is 0 Å². The fourth-order valence-corrected chi connectivity index (χ4v) is 0.817. The minimum atomic E-state index is -1.62. The van der Waals surface area contributed by atoms with E-state index in [1.807, 2.05) is 0 Å². The molecular formula is C4H6BNO4. The van der Waals surface area contributed by atoms with Crippen molar-refractivity contribution in [2.24, 2.45) is 5.64 Å². The van der Waals surface area contributed by atoms with Crippen LogP contribution in [0.3, 0.4) is 0 Å². The van der Waals surface area contributed by atoms with E-state index in [-0.39, 0.29) is 0 Å². The van der Waals surface area contributed by atoms with Gasteiger partial charge in [0.25, 0.3) is 0 Å². The summed E-state index contributed by atoms with van der Waals surface area (Å²) < 4.78 is 0. The van der Waals surface area contributed by atoms with Crippen molar-refractivity contribution in [3.05, 3.63) is 0 Å². The third-order valence-corrected chi connectivity index (χ3v) is 1.51. The topological polar surface area (TPSA) is 101 Å². The number of hydrogen-bond donors (Lipinski definition) is 3. The lowest BCUT2D eigenvalue weighted by Crippen LogP contribution is -2.44. The summed E-state index contributed by atoms with van der Waals surface area (Å²) in [6.07, 6.45) is -1.62. The van der Waals surface area contributed by atoms with Gasteiger partial charge in [-0.05, 0) is 0 Å². The molecule has 0 saturated carbocycles. The molecule has 5 nitrogen and oxygen atoms in total. The van der Waals surface area contributed by atoms with Gasteiger partial charge in [0.1, 0.15) is 6.10 Å². The summed E-state index contributed by atoms with van der Waals surface area (Å²) in [4.78, 5) is 21.0. The molecule has 1 aliphatic rings. The molecule has 0 aromatic heterocycles. The number of hydrogen-bond acceptors (Lipinski definition) is 5. The molecule has 1 aliphatic heterocycles. The molecular weight excluding hydrogens is 137 g/mol. The van der Waals surface area contributed by atoms with Crippen LogP contribution < -0.4 is 5.64 Å². The first-order valence-electron chi connectivity index (χ1n) is 2.75. The maximum Gasteiger partial charge on any atom is 0.341 e. The second-order valence-electron chi connectivity index (χ2n) is 2.19. The Balaban J connectivity index is 2.89. The van der Waals surface area contributed by atoms with Crippen molar-refractivity contribution in [3.63, 3.8) is 0 Å². The van der Waals surface area contributed by atoms with Crippen molar-refractivity contribution >= 4 is 18.3 Å². The van der Waals surface area contributed by atoms with E-state index in [2.05, 4.69) is 0 Å². The van der Waals surface area contributed by atoms with Gasteiger partial charge in [-0.1, -0.05) is 0 Å². The Morgan fingerprint density at radius 3 is 2.00 bits per heavy atom. The number of carbonyl (C=O) groups is 2. The molecule has 2 unspecified atom stereocenters. The molecule has 54 valence electrons. The highest BCUT2D eigenvalue weighted by Crippen LogP contribution is 2.07. The van der Waals surface area contributed by atoms with Crippen LogP contribution in [0.25, 0.3) is 0 Å². The summed E-state index contributed by atoms with van der Waals surface area (Å²) in [6.45, 7) is -1.25. The summed E-state index contributed by atoms with van der Waals surface area (Å²) in [5, 5.41) is 17.5. The maximum atomic E-state index is 10.5. The molecule has 6 heteroatoms. The smallest absolute Gasteiger partial charge is 0.341 e. The zero-order valence-electron chi connectivity index (χ0n) is 5.02. The van der Waals surface area contributed by atoms with Crippen LogP contribution in [-0.2, 0) is 9.59 Å². The summed E-state index contributed by atoms with van der Waals surface area (Å²) in [5.41, 5.74) is 4.12. The molecule has 2 atom stereocenters. The molecule has 0 radical (unpaired) electrons. The number of aliphatic hydroxyl groups is 2. The van der Waals surface area contributed by atoms with Crippen LogP contribution in [0.1, 0.15) is 0 Å². The van der Waals surface area contributed by atoms with Crippen LogP contribution in [0.2, 0.25) is 0 Å². The number of carbonyl (C=O) groups excluding carboxylic acids is 2. The van der Waals surface area contributed by atoms with Crippen LogP contribution in [0.15, 0.2) is 0 Å². The van der Waals surface area contributed by atoms with Gasteiger partial charge in [-0.25, -0.2) is 0 Å². The second kappa shape index (κ2) is 2.15. The summed E-state index contributed by atoms with van der Waals surface area (Å²) in [6, 6.07) is -1.43. The van der Waals surface area contributed by atoms with Gasteiger partial charge in [0, 0.05) is 0 Å². The molecule has 0 spiro atoms. The first-order chi connectivity index (χ1) is 4.55. The maximum absolute atomic E-state index is 10.5. The minimum Gasteiger partial charge on any atom is -0.396 e. The van der Waals surface area contributed by atoms with Gasteiger partial charge >= 0.3 is 6.85 Å². The molecule has 0 bridgehead atoms. The van der Waals surface area contributed by atoms with Gasteiger partial charge in [0.05, 0.1) is 6.00 Å². The van der Waals surface area contributed by atoms with Crippen LogP contribution in [0.5, 0.6) is 0 Å². The number of rotatable bonds is 0. The largest absolute Gasteiger partial charge is 0.396 e. The third kappa shape index (κ3) is 0.774. The van der Waals surface area contributed by atoms with Crippen molar-refractivity contribution in [3.8, 4) is 0 Å². The van der Waals surface area contributed by atoms with Crippen molar-refractivity contribution in [2.75, 3.05) is 0 Å². The van der Waals surface area contributed by atoms with E-state index in [1.54, 1.807) is 0 Å².